The van der Waals surface area contributed by atoms with Crippen LogP contribution in [0.15, 0.2) is 48.5 Å². The van der Waals surface area contributed by atoms with E-state index in [1.54, 1.807) is 6.07 Å². The van der Waals surface area contributed by atoms with E-state index in [0.29, 0.717) is 18.9 Å². The third-order valence-electron chi connectivity index (χ3n) is 3.61. The van der Waals surface area contributed by atoms with E-state index in [4.69, 9.17) is 9.47 Å². The molecule has 0 bridgehead atoms. The van der Waals surface area contributed by atoms with Gasteiger partial charge in [-0.3, -0.25) is 5.43 Å². The normalized spacial score (nSPS) is 20.8. The molecule has 0 amide bonds. The van der Waals surface area contributed by atoms with Crippen molar-refractivity contribution in [1.29, 1.82) is 0 Å². The fraction of sp³-hybridized carbons (Fsp3) is 0.294. The van der Waals surface area contributed by atoms with Crippen LogP contribution in [-0.4, -0.2) is 24.4 Å². The molecule has 22 heavy (non-hydrogen) atoms. The van der Waals surface area contributed by atoms with Crippen molar-refractivity contribution in [3.63, 3.8) is 0 Å². The van der Waals surface area contributed by atoms with Gasteiger partial charge in [-0.1, -0.05) is 18.2 Å². The molecule has 1 fully saturated rings. The van der Waals surface area contributed by atoms with Crippen LogP contribution in [0.2, 0.25) is 0 Å². The van der Waals surface area contributed by atoms with E-state index in [1.165, 1.54) is 0 Å². The molecule has 2 atom stereocenters. The van der Waals surface area contributed by atoms with Crippen molar-refractivity contribution in [3.05, 3.63) is 54.1 Å². The van der Waals surface area contributed by atoms with Gasteiger partial charge >= 0.3 is 0 Å². The number of hydrogen-bond donors (Lipinski definition) is 3. The molecule has 0 spiro atoms. The van der Waals surface area contributed by atoms with Gasteiger partial charge in [0.25, 0.3) is 0 Å². The molecule has 116 valence electrons. The molecule has 2 aromatic rings. The van der Waals surface area contributed by atoms with Gasteiger partial charge in [0.05, 0.1) is 12.6 Å². The molecule has 1 saturated heterocycles. The van der Waals surface area contributed by atoms with Crippen LogP contribution in [0.5, 0.6) is 17.2 Å². The summed E-state index contributed by atoms with van der Waals surface area (Å²) in [6.45, 7) is 3.14. The van der Waals surface area contributed by atoms with Crippen molar-refractivity contribution in [1.82, 2.24) is 10.9 Å². The minimum absolute atomic E-state index is 0.105. The maximum Gasteiger partial charge on any atom is 0.133 e. The van der Waals surface area contributed by atoms with Gasteiger partial charge < -0.3 is 14.6 Å². The Hall–Kier alpha value is -2.24. The van der Waals surface area contributed by atoms with E-state index in [9.17, 15) is 5.11 Å². The van der Waals surface area contributed by atoms with Gasteiger partial charge in [-0.25, -0.2) is 5.43 Å². The predicted molar refractivity (Wildman–Crippen MR) is 84.0 cm³/mol. The van der Waals surface area contributed by atoms with Gasteiger partial charge in [0.2, 0.25) is 0 Å². The van der Waals surface area contributed by atoms with Crippen LogP contribution in [0.3, 0.4) is 0 Å². The Morgan fingerprint density at radius 3 is 2.68 bits per heavy atom. The highest BCUT2D eigenvalue weighted by molar-refractivity contribution is 5.42. The Kier molecular flexibility index (Phi) is 4.46. The monoisotopic (exact) mass is 300 g/mol. The third kappa shape index (κ3) is 3.16. The van der Waals surface area contributed by atoms with Gasteiger partial charge in [0, 0.05) is 18.2 Å². The number of ether oxygens (including phenoxy) is 2. The molecule has 3 N–H and O–H groups in total. The van der Waals surface area contributed by atoms with E-state index < -0.39 is 0 Å². The highest BCUT2D eigenvalue weighted by Gasteiger charge is 2.32. The topological polar surface area (TPSA) is 62.8 Å². The number of hydrogen-bond acceptors (Lipinski definition) is 5. The van der Waals surface area contributed by atoms with Gasteiger partial charge in [-0.05, 0) is 31.2 Å². The van der Waals surface area contributed by atoms with Crippen LogP contribution < -0.4 is 20.3 Å². The first kappa shape index (κ1) is 14.7. The Bertz CT molecular complexity index is 619. The second kappa shape index (κ2) is 6.68. The minimum Gasteiger partial charge on any atom is -0.507 e. The molecule has 1 aliphatic rings. The first-order valence-corrected chi connectivity index (χ1v) is 7.43. The number of aromatic hydroxyl groups is 1. The van der Waals surface area contributed by atoms with E-state index in [-0.39, 0.29) is 17.9 Å². The fourth-order valence-electron chi connectivity index (χ4n) is 2.58. The minimum atomic E-state index is -0.129. The summed E-state index contributed by atoms with van der Waals surface area (Å²) in [4.78, 5) is 0. The maximum atomic E-state index is 10.3. The van der Waals surface area contributed by atoms with Crippen molar-refractivity contribution >= 4 is 0 Å². The summed E-state index contributed by atoms with van der Waals surface area (Å²) in [6.07, 6.45) is -0.105. The first-order chi connectivity index (χ1) is 10.8. The zero-order valence-electron chi connectivity index (χ0n) is 12.5. The molecule has 0 aromatic heterocycles. The molecule has 2 aromatic carbocycles. The summed E-state index contributed by atoms with van der Waals surface area (Å²) in [5, 5.41) is 10.3. The maximum absolute atomic E-state index is 10.3. The zero-order chi connectivity index (χ0) is 15.4. The lowest BCUT2D eigenvalue weighted by atomic mass is 10.0. The molecular formula is C17H20N2O3. The van der Waals surface area contributed by atoms with E-state index in [2.05, 4.69) is 10.9 Å². The van der Waals surface area contributed by atoms with Crippen LogP contribution >= 0.6 is 0 Å². The van der Waals surface area contributed by atoms with E-state index in [1.807, 2.05) is 49.4 Å². The first-order valence-electron chi connectivity index (χ1n) is 7.43. The highest BCUT2D eigenvalue weighted by atomic mass is 16.5. The molecule has 5 nitrogen and oxygen atoms in total. The number of nitrogens with one attached hydrogen (secondary N) is 2. The van der Waals surface area contributed by atoms with Crippen LogP contribution in [0, 0.1) is 0 Å². The molecule has 2 unspecified atom stereocenters. The van der Waals surface area contributed by atoms with E-state index in [0.717, 1.165) is 11.3 Å². The average Bonchev–Trinajstić information content (AvgIpc) is 2.97. The standard InChI is InChI=1S/C17H20N2O3/c1-2-21-13-8-9-14(15(20)10-13)17-16(11-18-19-17)22-12-6-4-3-5-7-12/h3-10,16-20H,2,11H2,1H3. The van der Waals surface area contributed by atoms with Gasteiger partial charge in [0.15, 0.2) is 0 Å². The molecule has 0 saturated carbocycles. The van der Waals surface area contributed by atoms with Crippen LogP contribution in [0.1, 0.15) is 18.5 Å². The SMILES string of the molecule is CCOc1ccc(C2NNCC2Oc2ccccc2)c(O)c1. The Morgan fingerprint density at radius 2 is 1.95 bits per heavy atom. The summed E-state index contributed by atoms with van der Waals surface area (Å²) >= 11 is 0. The summed E-state index contributed by atoms with van der Waals surface area (Å²) < 4.78 is 11.4. The Morgan fingerprint density at radius 1 is 1.14 bits per heavy atom. The average molecular weight is 300 g/mol. The molecule has 1 aliphatic heterocycles. The molecule has 0 aliphatic carbocycles. The molecule has 1 heterocycles. The summed E-state index contributed by atoms with van der Waals surface area (Å²) in [5.74, 6) is 1.68. The van der Waals surface area contributed by atoms with Crippen LogP contribution in [-0.2, 0) is 0 Å². The van der Waals surface area contributed by atoms with Gasteiger partial charge in [-0.2, -0.15) is 0 Å². The van der Waals surface area contributed by atoms with Crippen molar-refractivity contribution < 1.29 is 14.6 Å². The Balaban J connectivity index is 1.78. The fourth-order valence-corrected chi connectivity index (χ4v) is 2.58. The molecular weight excluding hydrogens is 280 g/mol. The lowest BCUT2D eigenvalue weighted by Gasteiger charge is -2.21. The number of hydrazine groups is 1. The zero-order valence-corrected chi connectivity index (χ0v) is 12.5. The molecule has 3 rings (SSSR count). The second-order valence-electron chi connectivity index (χ2n) is 5.13. The number of rotatable bonds is 5. The quantitative estimate of drug-likeness (QED) is 0.791. The van der Waals surface area contributed by atoms with Gasteiger partial charge in [-0.15, -0.1) is 0 Å². The van der Waals surface area contributed by atoms with Crippen LogP contribution in [0.4, 0.5) is 0 Å². The lowest BCUT2D eigenvalue weighted by molar-refractivity contribution is 0.195. The second-order valence-corrected chi connectivity index (χ2v) is 5.13. The molecule has 0 radical (unpaired) electrons. The summed E-state index contributed by atoms with van der Waals surface area (Å²) in [7, 11) is 0. The van der Waals surface area contributed by atoms with Crippen molar-refractivity contribution in [2.45, 2.75) is 19.1 Å². The molecule has 5 heteroatoms. The number of phenolic OH excluding ortho intramolecular Hbond substituents is 1. The summed E-state index contributed by atoms with van der Waals surface area (Å²) in [6, 6.07) is 14.9. The van der Waals surface area contributed by atoms with Crippen molar-refractivity contribution in [3.8, 4) is 17.2 Å². The number of benzene rings is 2. The van der Waals surface area contributed by atoms with Gasteiger partial charge in [0.1, 0.15) is 23.4 Å². The lowest BCUT2D eigenvalue weighted by Crippen LogP contribution is -2.28. The largest absolute Gasteiger partial charge is 0.507 e. The third-order valence-corrected chi connectivity index (χ3v) is 3.61. The number of phenols is 1. The van der Waals surface area contributed by atoms with Crippen LogP contribution in [0.25, 0.3) is 0 Å². The predicted octanol–water partition coefficient (Wildman–Crippen LogP) is 2.39. The highest BCUT2D eigenvalue weighted by Crippen LogP contribution is 2.32. The Labute approximate surface area is 129 Å². The van der Waals surface area contributed by atoms with Crippen molar-refractivity contribution in [2.24, 2.45) is 0 Å². The van der Waals surface area contributed by atoms with Crippen molar-refractivity contribution in [2.75, 3.05) is 13.2 Å². The summed E-state index contributed by atoms with van der Waals surface area (Å²) in [5.41, 5.74) is 7.04. The smallest absolute Gasteiger partial charge is 0.133 e. The number of para-hydroxylation sites is 1. The van der Waals surface area contributed by atoms with E-state index >= 15 is 0 Å².